The molecule has 7 heteroatoms. The van der Waals surface area contributed by atoms with Crippen LogP contribution in [0.15, 0.2) is 72.8 Å². The number of amides is 1. The van der Waals surface area contributed by atoms with Gasteiger partial charge in [-0.3, -0.25) is 9.59 Å². The summed E-state index contributed by atoms with van der Waals surface area (Å²) in [5.41, 5.74) is 1.97. The van der Waals surface area contributed by atoms with E-state index in [4.69, 9.17) is 0 Å². The van der Waals surface area contributed by atoms with E-state index >= 15 is 0 Å². The predicted octanol–water partition coefficient (Wildman–Crippen LogP) is 3.66. The topological polar surface area (TPSA) is 78.4 Å². The Morgan fingerprint density at radius 2 is 1.55 bits per heavy atom. The lowest BCUT2D eigenvalue weighted by Gasteiger charge is -2.25. The second kappa shape index (κ2) is 11.4. The summed E-state index contributed by atoms with van der Waals surface area (Å²) in [6, 6.07) is 18.1. The molecule has 33 heavy (non-hydrogen) atoms. The summed E-state index contributed by atoms with van der Waals surface area (Å²) in [4.78, 5) is 24.5. The number of nitrogens with one attached hydrogen (secondary N) is 2. The number of carbonyl (C=O) groups excluding carboxylic acids is 2. The van der Waals surface area contributed by atoms with Crippen LogP contribution in [0.4, 0.5) is 8.78 Å². The van der Waals surface area contributed by atoms with Gasteiger partial charge in [-0.15, -0.1) is 0 Å². The average Bonchev–Trinajstić information content (AvgIpc) is 2.78. The lowest BCUT2D eigenvalue weighted by molar-refractivity contribution is 0.0830. The molecule has 0 fully saturated rings. The molecule has 0 aliphatic carbocycles. The highest BCUT2D eigenvalue weighted by Gasteiger charge is 2.23. The van der Waals surface area contributed by atoms with Gasteiger partial charge in [-0.1, -0.05) is 42.5 Å². The normalized spacial score (nSPS) is 12.7. The molecule has 0 bridgehead atoms. The molecule has 3 N–H and O–H groups in total. The maximum Gasteiger partial charge on any atom is 0.251 e. The lowest BCUT2D eigenvalue weighted by atomic mass is 9.99. The van der Waals surface area contributed by atoms with Crippen LogP contribution in [0.2, 0.25) is 0 Å². The molecule has 1 amide bonds. The Labute approximate surface area is 191 Å². The van der Waals surface area contributed by atoms with Gasteiger partial charge < -0.3 is 15.7 Å². The third-order valence-electron chi connectivity index (χ3n) is 5.22. The summed E-state index contributed by atoms with van der Waals surface area (Å²) in [5, 5.41) is 16.7. The van der Waals surface area contributed by atoms with E-state index in [0.29, 0.717) is 17.7 Å². The SMILES string of the molecule is CC(=O)c1cccc(C(=O)N[C@@H](Cc2cc(F)cc(F)c2)[C@@H](O)CNCc2ccccc2)c1. The summed E-state index contributed by atoms with van der Waals surface area (Å²) in [6.07, 6.45) is -1.03. The van der Waals surface area contributed by atoms with E-state index in [0.717, 1.165) is 11.6 Å². The molecular formula is C26H26F2N2O3. The number of rotatable bonds is 10. The van der Waals surface area contributed by atoms with Crippen molar-refractivity contribution in [2.45, 2.75) is 32.0 Å². The number of benzene rings is 3. The number of hydrogen-bond donors (Lipinski definition) is 3. The molecule has 0 aliphatic heterocycles. The standard InChI is InChI=1S/C26H26F2N2O3/c1-17(31)20-8-5-9-21(13-20)26(33)30-24(12-19-10-22(27)14-23(28)11-19)25(32)16-29-15-18-6-3-2-4-7-18/h2-11,13-14,24-25,29,32H,12,15-16H2,1H3,(H,30,33)/t24-,25-/m0/s1. The zero-order valence-electron chi connectivity index (χ0n) is 18.2. The van der Waals surface area contributed by atoms with E-state index in [-0.39, 0.29) is 24.3 Å². The predicted molar refractivity (Wildman–Crippen MR) is 122 cm³/mol. The van der Waals surface area contributed by atoms with Crippen LogP contribution in [-0.4, -0.2) is 35.5 Å². The van der Waals surface area contributed by atoms with Crippen molar-refractivity contribution in [2.75, 3.05) is 6.54 Å². The number of aliphatic hydroxyl groups is 1. The molecule has 5 nitrogen and oxygen atoms in total. The first-order valence-corrected chi connectivity index (χ1v) is 10.6. The van der Waals surface area contributed by atoms with Crippen LogP contribution in [0, 0.1) is 11.6 Å². The van der Waals surface area contributed by atoms with Gasteiger partial charge in [0, 0.05) is 30.3 Å². The fourth-order valence-electron chi connectivity index (χ4n) is 3.50. The Morgan fingerprint density at radius 1 is 0.879 bits per heavy atom. The van der Waals surface area contributed by atoms with Crippen LogP contribution in [0.3, 0.4) is 0 Å². The average molecular weight is 453 g/mol. The van der Waals surface area contributed by atoms with Crippen molar-refractivity contribution in [3.05, 3.63) is 107 Å². The minimum absolute atomic E-state index is 0.0149. The van der Waals surface area contributed by atoms with Gasteiger partial charge in [-0.05, 0) is 48.7 Å². The highest BCUT2D eigenvalue weighted by molar-refractivity contribution is 5.99. The van der Waals surface area contributed by atoms with E-state index in [9.17, 15) is 23.5 Å². The first kappa shape index (κ1) is 24.2. The van der Waals surface area contributed by atoms with E-state index in [1.54, 1.807) is 18.2 Å². The van der Waals surface area contributed by atoms with Crippen molar-refractivity contribution in [3.63, 3.8) is 0 Å². The summed E-state index contributed by atoms with van der Waals surface area (Å²) >= 11 is 0. The molecule has 0 aliphatic rings. The number of halogens is 2. The molecule has 3 aromatic carbocycles. The van der Waals surface area contributed by atoms with Crippen molar-refractivity contribution in [1.29, 1.82) is 0 Å². The Kier molecular flexibility index (Phi) is 8.40. The molecule has 0 aromatic heterocycles. The molecule has 0 heterocycles. The monoisotopic (exact) mass is 452 g/mol. The molecule has 2 atom stereocenters. The maximum atomic E-state index is 13.7. The fraction of sp³-hybridized carbons (Fsp3) is 0.231. The van der Waals surface area contributed by atoms with Crippen LogP contribution in [0.5, 0.6) is 0 Å². The fourth-order valence-corrected chi connectivity index (χ4v) is 3.50. The van der Waals surface area contributed by atoms with Gasteiger partial charge in [-0.2, -0.15) is 0 Å². The third kappa shape index (κ3) is 7.30. The minimum atomic E-state index is -1.04. The number of carbonyl (C=O) groups is 2. The molecule has 0 saturated carbocycles. The maximum absolute atomic E-state index is 13.7. The van der Waals surface area contributed by atoms with Gasteiger partial charge in [0.15, 0.2) is 5.78 Å². The molecule has 0 radical (unpaired) electrons. The molecule has 0 spiro atoms. The van der Waals surface area contributed by atoms with E-state index in [2.05, 4.69) is 10.6 Å². The van der Waals surface area contributed by atoms with Crippen LogP contribution < -0.4 is 10.6 Å². The Balaban J connectivity index is 1.74. The second-order valence-electron chi connectivity index (χ2n) is 7.88. The van der Waals surface area contributed by atoms with Gasteiger partial charge >= 0.3 is 0 Å². The minimum Gasteiger partial charge on any atom is -0.390 e. The van der Waals surface area contributed by atoms with E-state index in [1.165, 1.54) is 25.1 Å². The van der Waals surface area contributed by atoms with Crippen LogP contribution >= 0.6 is 0 Å². The third-order valence-corrected chi connectivity index (χ3v) is 5.22. The largest absolute Gasteiger partial charge is 0.390 e. The van der Waals surface area contributed by atoms with Gasteiger partial charge in [0.2, 0.25) is 0 Å². The first-order valence-electron chi connectivity index (χ1n) is 10.6. The van der Waals surface area contributed by atoms with Gasteiger partial charge in [-0.25, -0.2) is 8.78 Å². The van der Waals surface area contributed by atoms with Crippen molar-refractivity contribution in [1.82, 2.24) is 10.6 Å². The molecular weight excluding hydrogens is 426 g/mol. The zero-order chi connectivity index (χ0) is 23.8. The summed E-state index contributed by atoms with van der Waals surface area (Å²) in [5.74, 6) is -2.15. The number of aliphatic hydroxyl groups excluding tert-OH is 1. The summed E-state index contributed by atoms with van der Waals surface area (Å²) in [7, 11) is 0. The van der Waals surface area contributed by atoms with Crippen molar-refractivity contribution < 1.29 is 23.5 Å². The highest BCUT2D eigenvalue weighted by atomic mass is 19.1. The molecule has 0 saturated heterocycles. The van der Waals surface area contributed by atoms with Crippen LogP contribution in [0.1, 0.15) is 38.8 Å². The Bertz CT molecular complexity index is 1090. The molecule has 172 valence electrons. The summed E-state index contributed by atoms with van der Waals surface area (Å²) in [6.45, 7) is 2.05. The lowest BCUT2D eigenvalue weighted by Crippen LogP contribution is -2.48. The van der Waals surface area contributed by atoms with E-state index < -0.39 is 29.7 Å². The molecule has 3 aromatic rings. The van der Waals surface area contributed by atoms with Gasteiger partial charge in [0.25, 0.3) is 5.91 Å². The molecule has 3 rings (SSSR count). The number of hydrogen-bond acceptors (Lipinski definition) is 4. The number of ketones is 1. The van der Waals surface area contributed by atoms with Crippen molar-refractivity contribution in [3.8, 4) is 0 Å². The van der Waals surface area contributed by atoms with Crippen molar-refractivity contribution >= 4 is 11.7 Å². The van der Waals surface area contributed by atoms with Crippen LogP contribution in [0.25, 0.3) is 0 Å². The Morgan fingerprint density at radius 3 is 2.21 bits per heavy atom. The van der Waals surface area contributed by atoms with Gasteiger partial charge in [0.1, 0.15) is 11.6 Å². The number of Topliss-reactive ketones (excluding diaryl/α,β-unsaturated/α-hetero) is 1. The molecule has 0 unspecified atom stereocenters. The van der Waals surface area contributed by atoms with Crippen LogP contribution in [-0.2, 0) is 13.0 Å². The van der Waals surface area contributed by atoms with Crippen molar-refractivity contribution in [2.24, 2.45) is 0 Å². The quantitative estimate of drug-likeness (QED) is 0.410. The Hall–Kier alpha value is -3.42. The second-order valence-corrected chi connectivity index (χ2v) is 7.88. The van der Waals surface area contributed by atoms with Gasteiger partial charge in [0.05, 0.1) is 12.1 Å². The first-order chi connectivity index (χ1) is 15.8. The smallest absolute Gasteiger partial charge is 0.251 e. The highest BCUT2D eigenvalue weighted by Crippen LogP contribution is 2.13. The zero-order valence-corrected chi connectivity index (χ0v) is 18.2. The van der Waals surface area contributed by atoms with E-state index in [1.807, 2.05) is 30.3 Å². The summed E-state index contributed by atoms with van der Waals surface area (Å²) < 4.78 is 27.4.